The largest absolute Gasteiger partial charge is 0.349 e. The number of carbonyl (C=O) groups is 1. The highest BCUT2D eigenvalue weighted by Crippen LogP contribution is 2.17. The highest BCUT2D eigenvalue weighted by molar-refractivity contribution is 6.18. The van der Waals surface area contributed by atoms with E-state index in [4.69, 9.17) is 11.6 Å². The normalized spacial score (nSPS) is 11.3. The van der Waals surface area contributed by atoms with Gasteiger partial charge < -0.3 is 5.32 Å². The summed E-state index contributed by atoms with van der Waals surface area (Å²) in [5.41, 5.74) is 1.05. The molecule has 3 heteroatoms. The maximum Gasteiger partial charge on any atom is 0.220 e. The molecule has 0 aromatic heterocycles. The molecule has 19 heavy (non-hydrogen) atoms. The summed E-state index contributed by atoms with van der Waals surface area (Å²) in [7, 11) is 0. The summed E-state index contributed by atoms with van der Waals surface area (Å²) in [4.78, 5) is 12.0. The molecular formula is C16H24ClNO. The summed E-state index contributed by atoms with van der Waals surface area (Å²) in [5, 5.41) is 3.09. The second kappa shape index (κ2) is 8.21. The first-order chi connectivity index (χ1) is 9.15. The van der Waals surface area contributed by atoms with E-state index in [0.29, 0.717) is 12.3 Å². The van der Waals surface area contributed by atoms with Crippen molar-refractivity contribution in [1.82, 2.24) is 5.32 Å². The Hall–Kier alpha value is -1.02. The Labute approximate surface area is 121 Å². The number of nitrogens with one attached hydrogen (secondary N) is 1. The summed E-state index contributed by atoms with van der Waals surface area (Å²) in [6.07, 6.45) is 4.13. The van der Waals surface area contributed by atoms with Gasteiger partial charge in [-0.3, -0.25) is 4.79 Å². The minimum Gasteiger partial charge on any atom is -0.349 e. The molecular weight excluding hydrogens is 258 g/mol. The third kappa shape index (κ3) is 5.23. The minimum absolute atomic E-state index is 0.111. The molecule has 0 heterocycles. The average Bonchev–Trinajstić information content (AvgIpc) is 2.46. The van der Waals surface area contributed by atoms with Crippen molar-refractivity contribution >= 4 is 17.5 Å². The number of hydrogen-bond donors (Lipinski definition) is 1. The molecule has 0 unspecified atom stereocenters. The summed E-state index contributed by atoms with van der Waals surface area (Å²) in [6, 6.07) is 10.3. The molecule has 0 fully saturated rings. The summed E-state index contributed by atoms with van der Waals surface area (Å²) in [5.74, 6) is 0.588. The quantitative estimate of drug-likeness (QED) is 0.719. The van der Waals surface area contributed by atoms with E-state index >= 15 is 0 Å². The Bertz CT molecular complexity index is 365. The fourth-order valence-corrected chi connectivity index (χ4v) is 2.55. The molecule has 2 nitrogen and oxygen atoms in total. The van der Waals surface area contributed by atoms with E-state index < -0.39 is 0 Å². The van der Waals surface area contributed by atoms with Crippen molar-refractivity contribution in [2.75, 3.05) is 5.88 Å². The van der Waals surface area contributed by atoms with Crippen LogP contribution in [-0.2, 0) is 11.2 Å². The van der Waals surface area contributed by atoms with Crippen LogP contribution in [0.5, 0.6) is 0 Å². The third-order valence-electron chi connectivity index (χ3n) is 3.73. The summed E-state index contributed by atoms with van der Waals surface area (Å²) < 4.78 is 0. The van der Waals surface area contributed by atoms with Crippen molar-refractivity contribution in [3.05, 3.63) is 35.9 Å². The molecule has 0 saturated heterocycles. The average molecular weight is 282 g/mol. The van der Waals surface area contributed by atoms with Gasteiger partial charge in [0.2, 0.25) is 5.91 Å². The van der Waals surface area contributed by atoms with Gasteiger partial charge in [-0.25, -0.2) is 0 Å². The van der Waals surface area contributed by atoms with Crippen LogP contribution in [0, 0.1) is 0 Å². The second-order valence-electron chi connectivity index (χ2n) is 5.01. The van der Waals surface area contributed by atoms with Gasteiger partial charge in [0.1, 0.15) is 0 Å². The van der Waals surface area contributed by atoms with E-state index in [9.17, 15) is 4.79 Å². The Kier molecular flexibility index (Phi) is 6.93. The van der Waals surface area contributed by atoms with Crippen molar-refractivity contribution in [3.63, 3.8) is 0 Å². The lowest BCUT2D eigenvalue weighted by molar-refractivity contribution is -0.123. The standard InChI is InChI=1S/C16H24ClNO/c1-3-16(4-2,13-17)18-15(19)12-8-11-14-9-6-5-7-10-14/h5-7,9-10H,3-4,8,11-13H2,1-2H3,(H,18,19). The zero-order valence-corrected chi connectivity index (χ0v) is 12.7. The van der Waals surface area contributed by atoms with E-state index in [1.165, 1.54) is 5.56 Å². The monoisotopic (exact) mass is 281 g/mol. The van der Waals surface area contributed by atoms with E-state index in [1.54, 1.807) is 0 Å². The lowest BCUT2D eigenvalue weighted by atomic mass is 9.95. The van der Waals surface area contributed by atoms with E-state index in [0.717, 1.165) is 25.7 Å². The number of benzene rings is 1. The number of halogens is 1. The molecule has 0 bridgehead atoms. The lowest BCUT2D eigenvalue weighted by Gasteiger charge is -2.30. The zero-order chi connectivity index (χ0) is 14.1. The predicted molar refractivity (Wildman–Crippen MR) is 81.6 cm³/mol. The Morgan fingerprint density at radius 2 is 1.84 bits per heavy atom. The molecule has 106 valence electrons. The first-order valence-corrected chi connectivity index (χ1v) is 7.60. The van der Waals surface area contributed by atoms with E-state index in [2.05, 4.69) is 31.3 Å². The van der Waals surface area contributed by atoms with Crippen LogP contribution in [0.4, 0.5) is 0 Å². The molecule has 1 aromatic rings. The summed E-state index contributed by atoms with van der Waals surface area (Å²) in [6.45, 7) is 4.13. The van der Waals surface area contributed by atoms with Gasteiger partial charge in [0, 0.05) is 12.3 Å². The number of carbonyl (C=O) groups excluding carboxylic acids is 1. The van der Waals surface area contributed by atoms with Crippen molar-refractivity contribution in [3.8, 4) is 0 Å². The Balaban J connectivity index is 2.35. The van der Waals surface area contributed by atoms with Gasteiger partial charge in [0.15, 0.2) is 0 Å². The van der Waals surface area contributed by atoms with Crippen LogP contribution in [0.15, 0.2) is 30.3 Å². The highest BCUT2D eigenvalue weighted by Gasteiger charge is 2.26. The molecule has 0 radical (unpaired) electrons. The van der Waals surface area contributed by atoms with Gasteiger partial charge >= 0.3 is 0 Å². The van der Waals surface area contributed by atoms with Crippen LogP contribution in [0.25, 0.3) is 0 Å². The van der Waals surface area contributed by atoms with Crippen molar-refractivity contribution in [2.24, 2.45) is 0 Å². The van der Waals surface area contributed by atoms with Crippen molar-refractivity contribution in [2.45, 2.75) is 51.5 Å². The van der Waals surface area contributed by atoms with Gasteiger partial charge in [-0.05, 0) is 31.2 Å². The molecule has 1 aromatic carbocycles. The van der Waals surface area contributed by atoms with Gasteiger partial charge in [-0.2, -0.15) is 0 Å². The number of aryl methyl sites for hydroxylation is 1. The molecule has 1 N–H and O–H groups in total. The number of alkyl halides is 1. The van der Waals surface area contributed by atoms with E-state index in [-0.39, 0.29) is 11.4 Å². The first-order valence-electron chi connectivity index (χ1n) is 7.06. The van der Waals surface area contributed by atoms with Crippen LogP contribution in [0.3, 0.4) is 0 Å². The number of rotatable bonds is 8. The number of hydrogen-bond acceptors (Lipinski definition) is 1. The molecule has 1 amide bonds. The van der Waals surface area contributed by atoms with Crippen LogP contribution >= 0.6 is 11.6 Å². The van der Waals surface area contributed by atoms with Crippen molar-refractivity contribution < 1.29 is 4.79 Å². The maximum atomic E-state index is 12.0. The van der Waals surface area contributed by atoms with Crippen LogP contribution < -0.4 is 5.32 Å². The molecule has 1 rings (SSSR count). The fourth-order valence-electron chi connectivity index (χ4n) is 2.11. The zero-order valence-electron chi connectivity index (χ0n) is 11.9. The molecule has 0 aliphatic rings. The van der Waals surface area contributed by atoms with Crippen molar-refractivity contribution in [1.29, 1.82) is 0 Å². The first kappa shape index (κ1) is 16.0. The fraction of sp³-hybridized carbons (Fsp3) is 0.562. The van der Waals surface area contributed by atoms with Gasteiger partial charge in [0.05, 0.1) is 5.54 Å². The van der Waals surface area contributed by atoms with Gasteiger partial charge in [-0.15, -0.1) is 11.6 Å². The molecule has 0 aliphatic heterocycles. The van der Waals surface area contributed by atoms with Gasteiger partial charge in [-0.1, -0.05) is 44.2 Å². The Morgan fingerprint density at radius 1 is 1.21 bits per heavy atom. The molecule has 0 saturated carbocycles. The molecule has 0 aliphatic carbocycles. The molecule has 0 spiro atoms. The van der Waals surface area contributed by atoms with Crippen LogP contribution in [0.2, 0.25) is 0 Å². The van der Waals surface area contributed by atoms with Crippen LogP contribution in [0.1, 0.15) is 45.1 Å². The molecule has 0 atom stereocenters. The minimum atomic E-state index is -0.231. The van der Waals surface area contributed by atoms with Gasteiger partial charge in [0.25, 0.3) is 0 Å². The predicted octanol–water partition coefficient (Wildman–Crippen LogP) is 3.92. The SMILES string of the molecule is CCC(CC)(CCl)NC(=O)CCCc1ccccc1. The number of amides is 1. The third-order valence-corrected chi connectivity index (χ3v) is 4.24. The summed E-state index contributed by atoms with van der Waals surface area (Å²) >= 11 is 5.98. The van der Waals surface area contributed by atoms with Crippen LogP contribution in [-0.4, -0.2) is 17.3 Å². The lowest BCUT2D eigenvalue weighted by Crippen LogP contribution is -2.49. The topological polar surface area (TPSA) is 29.1 Å². The highest BCUT2D eigenvalue weighted by atomic mass is 35.5. The smallest absolute Gasteiger partial charge is 0.220 e. The Morgan fingerprint density at radius 3 is 2.37 bits per heavy atom. The second-order valence-corrected chi connectivity index (χ2v) is 5.28. The van der Waals surface area contributed by atoms with E-state index in [1.807, 2.05) is 18.2 Å². The maximum absolute atomic E-state index is 12.0.